The molecule has 0 aliphatic heterocycles. The molecule has 6 heteroatoms. The highest BCUT2D eigenvalue weighted by Gasteiger charge is 2.78. The first-order chi connectivity index (χ1) is 8.90. The summed E-state index contributed by atoms with van der Waals surface area (Å²) >= 11 is 0. The molecule has 2 aromatic rings. The van der Waals surface area contributed by atoms with Crippen LogP contribution in [0.2, 0.25) is 0 Å². The average molecular weight is 267 g/mol. The van der Waals surface area contributed by atoms with Crippen LogP contribution in [0.5, 0.6) is 5.75 Å². The van der Waals surface area contributed by atoms with Crippen LogP contribution in [0.4, 0.5) is 8.78 Å². The van der Waals surface area contributed by atoms with Gasteiger partial charge in [0.1, 0.15) is 5.75 Å². The second-order valence-electron chi connectivity index (χ2n) is 4.73. The number of hydrogen-bond donors (Lipinski definition) is 2. The Labute approximate surface area is 107 Å². The molecule has 0 radical (unpaired) electrons. The molecule has 1 aromatic carbocycles. The van der Waals surface area contributed by atoms with E-state index in [1.54, 1.807) is 18.2 Å². The van der Waals surface area contributed by atoms with Crippen molar-refractivity contribution in [2.24, 2.45) is 0 Å². The van der Waals surface area contributed by atoms with E-state index in [0.29, 0.717) is 16.7 Å². The molecule has 0 amide bonds. The van der Waals surface area contributed by atoms with Gasteiger partial charge in [-0.2, -0.15) is 0 Å². The standard InChI is InChI=1S/C13H11F2NO3/c1-19-8-3-2-7-4-10(16-9(7)5-8)12(11(17)18)6-13(12,14)15/h2-5,16H,6H2,1H3,(H,17,18). The number of H-pyrrole nitrogens is 1. The lowest BCUT2D eigenvalue weighted by Gasteiger charge is -2.08. The van der Waals surface area contributed by atoms with Crippen molar-refractivity contribution < 1.29 is 23.4 Å². The summed E-state index contributed by atoms with van der Waals surface area (Å²) in [4.78, 5) is 13.9. The summed E-state index contributed by atoms with van der Waals surface area (Å²) in [5.74, 6) is -4.13. The van der Waals surface area contributed by atoms with E-state index in [1.165, 1.54) is 13.2 Å². The van der Waals surface area contributed by atoms with Crippen molar-refractivity contribution in [1.29, 1.82) is 0 Å². The smallest absolute Gasteiger partial charge is 0.322 e. The zero-order chi connectivity index (χ0) is 13.8. The van der Waals surface area contributed by atoms with Crippen LogP contribution in [0, 0.1) is 0 Å². The zero-order valence-electron chi connectivity index (χ0n) is 10.0. The number of methoxy groups -OCH3 is 1. The van der Waals surface area contributed by atoms with Crippen molar-refractivity contribution in [3.05, 3.63) is 30.0 Å². The molecule has 0 spiro atoms. The van der Waals surface area contributed by atoms with E-state index in [2.05, 4.69) is 4.98 Å². The molecule has 2 N–H and O–H groups in total. The first-order valence-electron chi connectivity index (χ1n) is 5.69. The number of alkyl halides is 2. The Bertz CT molecular complexity index is 680. The number of carboxylic acid groups (broad SMARTS) is 1. The summed E-state index contributed by atoms with van der Waals surface area (Å²) in [7, 11) is 1.50. The predicted molar refractivity (Wildman–Crippen MR) is 63.7 cm³/mol. The first kappa shape index (κ1) is 12.0. The minimum atomic E-state index is -3.20. The van der Waals surface area contributed by atoms with Crippen molar-refractivity contribution in [3.63, 3.8) is 0 Å². The van der Waals surface area contributed by atoms with Crippen LogP contribution >= 0.6 is 0 Å². The molecule has 100 valence electrons. The molecule has 3 rings (SSSR count). The topological polar surface area (TPSA) is 62.3 Å². The van der Waals surface area contributed by atoms with Gasteiger partial charge in [0.15, 0.2) is 5.41 Å². The van der Waals surface area contributed by atoms with E-state index in [-0.39, 0.29) is 5.69 Å². The van der Waals surface area contributed by atoms with Crippen molar-refractivity contribution in [3.8, 4) is 5.75 Å². The van der Waals surface area contributed by atoms with E-state index in [9.17, 15) is 13.6 Å². The first-order valence-corrected chi connectivity index (χ1v) is 5.69. The molecule has 19 heavy (non-hydrogen) atoms. The molecule has 1 aliphatic carbocycles. The third-order valence-corrected chi connectivity index (χ3v) is 3.64. The lowest BCUT2D eigenvalue weighted by molar-refractivity contribution is -0.143. The summed E-state index contributed by atoms with van der Waals surface area (Å²) < 4.78 is 31.9. The monoisotopic (exact) mass is 267 g/mol. The molecular formula is C13H11F2NO3. The van der Waals surface area contributed by atoms with Crippen LogP contribution < -0.4 is 4.74 Å². The van der Waals surface area contributed by atoms with Crippen molar-refractivity contribution in [2.75, 3.05) is 7.11 Å². The van der Waals surface area contributed by atoms with Gasteiger partial charge in [-0.1, -0.05) is 0 Å². The second kappa shape index (κ2) is 3.46. The Hall–Kier alpha value is -2.11. The molecule has 0 bridgehead atoms. The summed E-state index contributed by atoms with van der Waals surface area (Å²) in [5, 5.41) is 9.77. The normalized spacial score (nSPS) is 24.4. The van der Waals surface area contributed by atoms with Crippen molar-refractivity contribution in [2.45, 2.75) is 17.8 Å². The van der Waals surface area contributed by atoms with E-state index in [0.717, 1.165) is 0 Å². The van der Waals surface area contributed by atoms with Crippen LogP contribution in [0.3, 0.4) is 0 Å². The highest BCUT2D eigenvalue weighted by molar-refractivity contribution is 5.91. The van der Waals surface area contributed by atoms with Gasteiger partial charge in [-0.25, -0.2) is 8.78 Å². The molecule has 1 aliphatic rings. The Kier molecular flexibility index (Phi) is 2.18. The maximum atomic E-state index is 13.4. The molecule has 1 unspecified atom stereocenters. The maximum absolute atomic E-state index is 13.4. The van der Waals surface area contributed by atoms with Gasteiger partial charge in [0, 0.05) is 23.7 Å². The number of halogens is 2. The van der Waals surface area contributed by atoms with Gasteiger partial charge in [0.25, 0.3) is 5.92 Å². The third kappa shape index (κ3) is 1.46. The molecule has 0 saturated heterocycles. The minimum absolute atomic E-state index is 0.0354. The SMILES string of the molecule is COc1ccc2cc(C3(C(=O)O)CC3(F)F)[nH]c2c1. The number of benzene rings is 1. The van der Waals surface area contributed by atoms with Gasteiger partial charge in [-0.05, 0) is 23.6 Å². The van der Waals surface area contributed by atoms with Gasteiger partial charge in [-0.3, -0.25) is 4.79 Å². The summed E-state index contributed by atoms with van der Waals surface area (Å²) in [6, 6.07) is 6.50. The van der Waals surface area contributed by atoms with E-state index in [4.69, 9.17) is 9.84 Å². The summed E-state index contributed by atoms with van der Waals surface area (Å²) in [6.45, 7) is 0. The minimum Gasteiger partial charge on any atom is -0.497 e. The van der Waals surface area contributed by atoms with Crippen LogP contribution in [-0.4, -0.2) is 29.1 Å². The Balaban J connectivity index is 2.14. The number of aromatic nitrogens is 1. The average Bonchev–Trinajstić information content (AvgIpc) is 2.76. The van der Waals surface area contributed by atoms with Crippen molar-refractivity contribution >= 4 is 16.9 Å². The third-order valence-electron chi connectivity index (χ3n) is 3.64. The zero-order valence-corrected chi connectivity index (χ0v) is 10.0. The molecule has 4 nitrogen and oxygen atoms in total. The number of rotatable bonds is 3. The van der Waals surface area contributed by atoms with Gasteiger partial charge < -0.3 is 14.8 Å². The number of carboxylic acids is 1. The predicted octanol–water partition coefficient (Wildman–Crippen LogP) is 2.54. The van der Waals surface area contributed by atoms with Gasteiger partial charge in [0.2, 0.25) is 0 Å². The molecule has 1 fully saturated rings. The van der Waals surface area contributed by atoms with Crippen LogP contribution in [-0.2, 0) is 10.2 Å². The number of hydrogen-bond acceptors (Lipinski definition) is 2. The number of ether oxygens (including phenoxy) is 1. The second-order valence-corrected chi connectivity index (χ2v) is 4.73. The number of fused-ring (bicyclic) bond motifs is 1. The van der Waals surface area contributed by atoms with E-state index < -0.39 is 23.7 Å². The largest absolute Gasteiger partial charge is 0.497 e. The number of aromatic amines is 1. The Morgan fingerprint density at radius 2 is 2.11 bits per heavy atom. The van der Waals surface area contributed by atoms with Crippen LogP contribution in [0.1, 0.15) is 12.1 Å². The number of carbonyl (C=O) groups is 1. The fraction of sp³-hybridized carbons (Fsp3) is 0.308. The lowest BCUT2D eigenvalue weighted by Crippen LogP contribution is -2.27. The van der Waals surface area contributed by atoms with E-state index >= 15 is 0 Å². The Morgan fingerprint density at radius 1 is 1.42 bits per heavy atom. The van der Waals surface area contributed by atoms with Crippen LogP contribution in [0.15, 0.2) is 24.3 Å². The Morgan fingerprint density at radius 3 is 2.63 bits per heavy atom. The maximum Gasteiger partial charge on any atom is 0.322 e. The molecule has 1 heterocycles. The van der Waals surface area contributed by atoms with Crippen molar-refractivity contribution in [1.82, 2.24) is 4.98 Å². The van der Waals surface area contributed by atoms with E-state index in [1.807, 2.05) is 0 Å². The molecule has 1 aromatic heterocycles. The number of nitrogens with one attached hydrogen (secondary N) is 1. The fourth-order valence-corrected chi connectivity index (χ4v) is 2.39. The fourth-order valence-electron chi connectivity index (χ4n) is 2.39. The number of aliphatic carboxylic acids is 1. The highest BCUT2D eigenvalue weighted by Crippen LogP contribution is 2.61. The quantitative estimate of drug-likeness (QED) is 0.898. The summed E-state index contributed by atoms with van der Waals surface area (Å²) in [5.41, 5.74) is -1.50. The summed E-state index contributed by atoms with van der Waals surface area (Å²) in [6.07, 6.45) is -0.667. The van der Waals surface area contributed by atoms with Gasteiger partial charge in [-0.15, -0.1) is 0 Å². The molecule has 1 atom stereocenters. The molecule has 1 saturated carbocycles. The van der Waals surface area contributed by atoms with Gasteiger partial charge in [0.05, 0.1) is 7.11 Å². The highest BCUT2D eigenvalue weighted by atomic mass is 19.3. The molecular weight excluding hydrogens is 256 g/mol. The van der Waals surface area contributed by atoms with Crippen LogP contribution in [0.25, 0.3) is 10.9 Å². The lowest BCUT2D eigenvalue weighted by atomic mass is 10.0. The van der Waals surface area contributed by atoms with Gasteiger partial charge >= 0.3 is 5.97 Å².